The van der Waals surface area contributed by atoms with Crippen molar-refractivity contribution in [1.82, 2.24) is 15.5 Å². The van der Waals surface area contributed by atoms with Gasteiger partial charge in [0, 0.05) is 18.4 Å². The Balaban J connectivity index is 1.56. The molecule has 2 aromatic carbocycles. The first-order valence-electron chi connectivity index (χ1n) is 8.77. The van der Waals surface area contributed by atoms with Crippen LogP contribution in [0.2, 0.25) is 0 Å². The van der Waals surface area contributed by atoms with Crippen LogP contribution in [0.25, 0.3) is 11.5 Å². The van der Waals surface area contributed by atoms with Gasteiger partial charge in [-0.15, -0.1) is 10.2 Å². The Bertz CT molecular complexity index is 887. The van der Waals surface area contributed by atoms with Gasteiger partial charge in [0.05, 0.1) is 6.04 Å². The lowest BCUT2D eigenvalue weighted by Gasteiger charge is -2.17. The van der Waals surface area contributed by atoms with Crippen LogP contribution in [0.3, 0.4) is 0 Å². The molecule has 5 heteroatoms. The van der Waals surface area contributed by atoms with Crippen LogP contribution >= 0.6 is 0 Å². The largest absolute Gasteiger partial charge is 0.421 e. The third-order valence-corrected chi connectivity index (χ3v) is 4.33. The SMILES string of the molecule is Cc1ccc(C)c(C(C)NC(=O)CCc2nnc(-c3ccccc3)o2)c1. The molecule has 1 N–H and O–H groups in total. The fraction of sp³-hybridized carbons (Fsp3) is 0.286. The quantitative estimate of drug-likeness (QED) is 0.725. The summed E-state index contributed by atoms with van der Waals surface area (Å²) in [6.45, 7) is 6.11. The topological polar surface area (TPSA) is 68.0 Å². The van der Waals surface area contributed by atoms with E-state index < -0.39 is 0 Å². The van der Waals surface area contributed by atoms with E-state index in [4.69, 9.17) is 4.42 Å². The number of aromatic nitrogens is 2. The Morgan fingerprint density at radius 2 is 1.88 bits per heavy atom. The predicted molar refractivity (Wildman–Crippen MR) is 101 cm³/mol. The van der Waals surface area contributed by atoms with Gasteiger partial charge in [-0.2, -0.15) is 0 Å². The van der Waals surface area contributed by atoms with Gasteiger partial charge < -0.3 is 9.73 Å². The van der Waals surface area contributed by atoms with E-state index in [0.29, 0.717) is 24.6 Å². The van der Waals surface area contributed by atoms with E-state index in [9.17, 15) is 4.79 Å². The van der Waals surface area contributed by atoms with Crippen LogP contribution in [0.15, 0.2) is 52.9 Å². The highest BCUT2D eigenvalue weighted by Gasteiger charge is 2.14. The zero-order valence-corrected chi connectivity index (χ0v) is 15.3. The first-order chi connectivity index (χ1) is 12.5. The first-order valence-corrected chi connectivity index (χ1v) is 8.77. The Morgan fingerprint density at radius 3 is 2.65 bits per heavy atom. The highest BCUT2D eigenvalue weighted by atomic mass is 16.4. The molecule has 0 fully saturated rings. The van der Waals surface area contributed by atoms with Crippen molar-refractivity contribution in [1.29, 1.82) is 0 Å². The van der Waals surface area contributed by atoms with Crippen molar-refractivity contribution in [2.24, 2.45) is 0 Å². The molecular weight excluding hydrogens is 326 g/mol. The van der Waals surface area contributed by atoms with Crippen LogP contribution in [0.1, 0.15) is 42.0 Å². The Labute approximate surface area is 153 Å². The van der Waals surface area contributed by atoms with Crippen molar-refractivity contribution < 1.29 is 9.21 Å². The maximum absolute atomic E-state index is 12.3. The molecule has 0 spiro atoms. The number of rotatable bonds is 6. The van der Waals surface area contributed by atoms with Crippen LogP contribution in [0, 0.1) is 13.8 Å². The molecular formula is C21H23N3O2. The fourth-order valence-corrected chi connectivity index (χ4v) is 2.89. The van der Waals surface area contributed by atoms with Gasteiger partial charge in [-0.25, -0.2) is 0 Å². The van der Waals surface area contributed by atoms with Crippen molar-refractivity contribution in [3.05, 3.63) is 71.1 Å². The van der Waals surface area contributed by atoms with Crippen LogP contribution in [0.5, 0.6) is 0 Å². The first kappa shape index (κ1) is 17.9. The van der Waals surface area contributed by atoms with Crippen LogP contribution in [-0.4, -0.2) is 16.1 Å². The zero-order chi connectivity index (χ0) is 18.5. The smallest absolute Gasteiger partial charge is 0.247 e. The minimum atomic E-state index is -0.0371. The van der Waals surface area contributed by atoms with Gasteiger partial charge in [0.2, 0.25) is 17.7 Å². The zero-order valence-electron chi connectivity index (χ0n) is 15.3. The molecule has 1 atom stereocenters. The molecule has 3 rings (SSSR count). The summed E-state index contributed by atoms with van der Waals surface area (Å²) in [5, 5.41) is 11.1. The highest BCUT2D eigenvalue weighted by molar-refractivity contribution is 5.76. The van der Waals surface area contributed by atoms with E-state index in [1.165, 1.54) is 11.1 Å². The van der Waals surface area contributed by atoms with Crippen molar-refractivity contribution >= 4 is 5.91 Å². The van der Waals surface area contributed by atoms with Crippen LogP contribution in [-0.2, 0) is 11.2 Å². The molecule has 1 aromatic heterocycles. The predicted octanol–water partition coefficient (Wildman–Crippen LogP) is 4.16. The number of aryl methyl sites for hydroxylation is 3. The van der Waals surface area contributed by atoms with Gasteiger partial charge >= 0.3 is 0 Å². The number of hydrogen-bond acceptors (Lipinski definition) is 4. The maximum atomic E-state index is 12.3. The molecule has 0 saturated heterocycles. The molecule has 0 bridgehead atoms. The third-order valence-electron chi connectivity index (χ3n) is 4.33. The number of nitrogens with zero attached hydrogens (tertiary/aromatic N) is 2. The van der Waals surface area contributed by atoms with E-state index in [-0.39, 0.29) is 11.9 Å². The van der Waals surface area contributed by atoms with Gasteiger partial charge in [0.15, 0.2) is 0 Å². The van der Waals surface area contributed by atoms with Crippen molar-refractivity contribution in [3.8, 4) is 11.5 Å². The minimum absolute atomic E-state index is 0.0298. The molecule has 0 aliphatic heterocycles. The summed E-state index contributed by atoms with van der Waals surface area (Å²) in [7, 11) is 0. The number of carbonyl (C=O) groups excluding carboxylic acids is 1. The molecule has 1 heterocycles. The molecule has 0 radical (unpaired) electrons. The summed E-state index contributed by atoms with van der Waals surface area (Å²) in [6, 6.07) is 15.8. The van der Waals surface area contributed by atoms with Gasteiger partial charge in [-0.05, 0) is 44.0 Å². The van der Waals surface area contributed by atoms with Crippen LogP contribution in [0.4, 0.5) is 0 Å². The van der Waals surface area contributed by atoms with E-state index in [2.05, 4.69) is 47.6 Å². The van der Waals surface area contributed by atoms with Gasteiger partial charge in [0.1, 0.15) is 0 Å². The van der Waals surface area contributed by atoms with Crippen molar-refractivity contribution in [2.45, 2.75) is 39.7 Å². The van der Waals surface area contributed by atoms with Crippen molar-refractivity contribution in [3.63, 3.8) is 0 Å². The van der Waals surface area contributed by atoms with E-state index in [0.717, 1.165) is 11.1 Å². The Morgan fingerprint density at radius 1 is 1.12 bits per heavy atom. The summed E-state index contributed by atoms with van der Waals surface area (Å²) in [5.74, 6) is 0.918. The molecule has 0 aliphatic rings. The fourth-order valence-electron chi connectivity index (χ4n) is 2.89. The Hall–Kier alpha value is -2.95. The molecule has 1 unspecified atom stereocenters. The molecule has 5 nitrogen and oxygen atoms in total. The highest BCUT2D eigenvalue weighted by Crippen LogP contribution is 2.20. The van der Waals surface area contributed by atoms with Crippen LogP contribution < -0.4 is 5.32 Å². The second kappa shape index (κ2) is 7.95. The molecule has 0 saturated carbocycles. The lowest BCUT2D eigenvalue weighted by Crippen LogP contribution is -2.27. The second-order valence-corrected chi connectivity index (χ2v) is 6.52. The van der Waals surface area contributed by atoms with Gasteiger partial charge in [-0.3, -0.25) is 4.79 Å². The number of carbonyl (C=O) groups is 1. The van der Waals surface area contributed by atoms with Gasteiger partial charge in [0.25, 0.3) is 0 Å². The summed E-state index contributed by atoms with van der Waals surface area (Å²) >= 11 is 0. The monoisotopic (exact) mass is 349 g/mol. The van der Waals surface area contributed by atoms with Gasteiger partial charge in [-0.1, -0.05) is 42.0 Å². The lowest BCUT2D eigenvalue weighted by atomic mass is 10.00. The number of hydrogen-bond donors (Lipinski definition) is 1. The summed E-state index contributed by atoms with van der Waals surface area (Å²) < 4.78 is 5.64. The van der Waals surface area contributed by atoms with E-state index in [1.54, 1.807) is 0 Å². The third kappa shape index (κ3) is 4.36. The maximum Gasteiger partial charge on any atom is 0.247 e. The number of benzene rings is 2. The van der Waals surface area contributed by atoms with E-state index in [1.807, 2.05) is 37.3 Å². The average molecular weight is 349 g/mol. The average Bonchev–Trinajstić information content (AvgIpc) is 3.12. The lowest BCUT2D eigenvalue weighted by molar-refractivity contribution is -0.121. The van der Waals surface area contributed by atoms with E-state index >= 15 is 0 Å². The second-order valence-electron chi connectivity index (χ2n) is 6.52. The Kier molecular flexibility index (Phi) is 5.46. The number of nitrogens with one attached hydrogen (secondary N) is 1. The summed E-state index contributed by atoms with van der Waals surface area (Å²) in [6.07, 6.45) is 0.733. The molecule has 3 aromatic rings. The molecule has 1 amide bonds. The molecule has 26 heavy (non-hydrogen) atoms. The minimum Gasteiger partial charge on any atom is -0.421 e. The summed E-state index contributed by atoms with van der Waals surface area (Å²) in [5.41, 5.74) is 4.38. The van der Waals surface area contributed by atoms with Crippen molar-refractivity contribution in [2.75, 3.05) is 0 Å². The molecule has 0 aliphatic carbocycles. The standard InChI is InChI=1S/C21H23N3O2/c1-14-9-10-15(2)18(13-14)16(3)22-19(25)11-12-20-23-24-21(26-20)17-7-5-4-6-8-17/h4-10,13,16H,11-12H2,1-3H3,(H,22,25). The number of amides is 1. The summed E-state index contributed by atoms with van der Waals surface area (Å²) in [4.78, 5) is 12.3. The normalized spacial score (nSPS) is 12.0. The molecule has 134 valence electrons.